The number of hydrogen-bond donors (Lipinski definition) is 2. The molecule has 1 saturated carbocycles. The molecule has 1 fully saturated rings. The lowest BCUT2D eigenvalue weighted by Gasteiger charge is -2.02. The minimum absolute atomic E-state index is 0.105. The van der Waals surface area contributed by atoms with Crippen LogP contribution in [0.3, 0.4) is 0 Å². The van der Waals surface area contributed by atoms with E-state index in [-0.39, 0.29) is 5.91 Å². The number of carbonyl (C=O) groups excluding carboxylic acids is 1. The summed E-state index contributed by atoms with van der Waals surface area (Å²) in [7, 11) is 0. The van der Waals surface area contributed by atoms with Gasteiger partial charge < -0.3 is 9.73 Å². The van der Waals surface area contributed by atoms with E-state index < -0.39 is 5.76 Å². The quantitative estimate of drug-likeness (QED) is 0.790. The number of fused-ring (bicyclic) bond motifs is 1. The third-order valence-electron chi connectivity index (χ3n) is 2.59. The molecule has 0 spiro atoms. The van der Waals surface area contributed by atoms with Crippen molar-refractivity contribution in [2.45, 2.75) is 18.9 Å². The van der Waals surface area contributed by atoms with Crippen LogP contribution in [0.4, 0.5) is 0 Å². The zero-order valence-electron chi connectivity index (χ0n) is 8.45. The molecule has 1 aromatic heterocycles. The van der Waals surface area contributed by atoms with Crippen LogP contribution in [0.15, 0.2) is 27.4 Å². The van der Waals surface area contributed by atoms with Gasteiger partial charge in [0.1, 0.15) is 0 Å². The molecular weight excluding hydrogens is 208 g/mol. The van der Waals surface area contributed by atoms with Gasteiger partial charge in [-0.2, -0.15) is 0 Å². The van der Waals surface area contributed by atoms with E-state index in [1.54, 1.807) is 18.2 Å². The van der Waals surface area contributed by atoms with Gasteiger partial charge >= 0.3 is 5.76 Å². The van der Waals surface area contributed by atoms with Gasteiger partial charge in [0.25, 0.3) is 5.91 Å². The van der Waals surface area contributed by atoms with Gasteiger partial charge in [-0.25, -0.2) is 4.79 Å². The third-order valence-corrected chi connectivity index (χ3v) is 2.59. The largest absolute Gasteiger partial charge is 0.417 e. The van der Waals surface area contributed by atoms with Crippen molar-refractivity contribution in [3.63, 3.8) is 0 Å². The summed E-state index contributed by atoms with van der Waals surface area (Å²) in [4.78, 5) is 25.2. The first-order valence-corrected chi connectivity index (χ1v) is 5.16. The third kappa shape index (κ3) is 1.60. The van der Waals surface area contributed by atoms with Crippen LogP contribution in [0.2, 0.25) is 0 Å². The highest BCUT2D eigenvalue weighted by molar-refractivity contribution is 5.97. The monoisotopic (exact) mass is 218 g/mol. The zero-order chi connectivity index (χ0) is 11.1. The second-order valence-corrected chi connectivity index (χ2v) is 3.97. The highest BCUT2D eigenvalue weighted by Crippen LogP contribution is 2.20. The first-order chi connectivity index (χ1) is 7.72. The molecule has 3 rings (SSSR count). The highest BCUT2D eigenvalue weighted by Gasteiger charge is 2.23. The molecule has 1 amide bonds. The predicted octanol–water partition coefficient (Wildman–Crippen LogP) is 1.01. The fourth-order valence-corrected chi connectivity index (χ4v) is 1.59. The van der Waals surface area contributed by atoms with Crippen LogP contribution in [0, 0.1) is 0 Å². The summed E-state index contributed by atoms with van der Waals surface area (Å²) < 4.78 is 4.85. The number of rotatable bonds is 2. The van der Waals surface area contributed by atoms with Gasteiger partial charge in [0.05, 0.1) is 5.52 Å². The van der Waals surface area contributed by atoms with Crippen molar-refractivity contribution in [2.75, 3.05) is 0 Å². The molecule has 16 heavy (non-hydrogen) atoms. The average molecular weight is 218 g/mol. The Labute approximate surface area is 90.5 Å². The molecule has 1 aliphatic carbocycles. The molecule has 5 nitrogen and oxygen atoms in total. The maximum atomic E-state index is 11.7. The minimum atomic E-state index is -0.505. The van der Waals surface area contributed by atoms with Crippen molar-refractivity contribution in [1.29, 1.82) is 0 Å². The number of carbonyl (C=O) groups is 1. The van der Waals surface area contributed by atoms with E-state index in [9.17, 15) is 9.59 Å². The Bertz CT molecular complexity index is 607. The van der Waals surface area contributed by atoms with Crippen molar-refractivity contribution < 1.29 is 9.21 Å². The van der Waals surface area contributed by atoms with Crippen molar-refractivity contribution in [3.8, 4) is 0 Å². The van der Waals surface area contributed by atoms with Crippen LogP contribution in [0.25, 0.3) is 11.1 Å². The van der Waals surface area contributed by atoms with E-state index in [2.05, 4.69) is 10.3 Å². The Morgan fingerprint density at radius 2 is 2.25 bits per heavy atom. The van der Waals surface area contributed by atoms with Gasteiger partial charge in [-0.15, -0.1) is 0 Å². The molecule has 1 heterocycles. The molecule has 2 N–H and O–H groups in total. The molecule has 5 heteroatoms. The summed E-state index contributed by atoms with van der Waals surface area (Å²) in [6.45, 7) is 0. The SMILES string of the molecule is O=C(NC1CC1)c1ccc2oc(=O)[nH]c2c1. The lowest BCUT2D eigenvalue weighted by atomic mass is 10.2. The maximum Gasteiger partial charge on any atom is 0.417 e. The van der Waals surface area contributed by atoms with Gasteiger partial charge in [-0.3, -0.25) is 9.78 Å². The van der Waals surface area contributed by atoms with Gasteiger partial charge in [-0.05, 0) is 31.0 Å². The lowest BCUT2D eigenvalue weighted by molar-refractivity contribution is 0.0951. The van der Waals surface area contributed by atoms with Crippen LogP contribution in [0.1, 0.15) is 23.2 Å². The molecule has 0 radical (unpaired) electrons. The van der Waals surface area contributed by atoms with Gasteiger partial charge in [-0.1, -0.05) is 0 Å². The van der Waals surface area contributed by atoms with Crippen molar-refractivity contribution >= 4 is 17.0 Å². The van der Waals surface area contributed by atoms with Crippen molar-refractivity contribution in [2.24, 2.45) is 0 Å². The van der Waals surface area contributed by atoms with Crippen LogP contribution < -0.4 is 11.1 Å². The predicted molar refractivity (Wildman–Crippen MR) is 57.3 cm³/mol. The summed E-state index contributed by atoms with van der Waals surface area (Å²) in [6, 6.07) is 5.22. The number of amides is 1. The van der Waals surface area contributed by atoms with E-state index in [1.165, 1.54) is 0 Å². The van der Waals surface area contributed by atoms with E-state index in [0.717, 1.165) is 12.8 Å². The number of aromatic amines is 1. The number of benzene rings is 1. The number of nitrogens with one attached hydrogen (secondary N) is 2. The Morgan fingerprint density at radius 1 is 1.44 bits per heavy atom. The summed E-state index contributed by atoms with van der Waals surface area (Å²) >= 11 is 0. The molecule has 1 aromatic carbocycles. The number of oxazole rings is 1. The van der Waals surface area contributed by atoms with Crippen LogP contribution in [0.5, 0.6) is 0 Å². The zero-order valence-corrected chi connectivity index (χ0v) is 8.45. The van der Waals surface area contributed by atoms with E-state index in [4.69, 9.17) is 4.42 Å². The fraction of sp³-hybridized carbons (Fsp3) is 0.273. The van der Waals surface area contributed by atoms with Crippen molar-refractivity contribution in [3.05, 3.63) is 34.3 Å². The van der Waals surface area contributed by atoms with Crippen LogP contribution in [-0.2, 0) is 0 Å². The van der Waals surface area contributed by atoms with E-state index >= 15 is 0 Å². The first-order valence-electron chi connectivity index (χ1n) is 5.16. The Kier molecular flexibility index (Phi) is 1.86. The normalized spacial score (nSPS) is 15.2. The van der Waals surface area contributed by atoms with Gasteiger partial charge in [0.2, 0.25) is 0 Å². The van der Waals surface area contributed by atoms with Crippen molar-refractivity contribution in [1.82, 2.24) is 10.3 Å². The molecule has 0 atom stereocenters. The Morgan fingerprint density at radius 3 is 3.00 bits per heavy atom. The van der Waals surface area contributed by atoms with Gasteiger partial charge in [0.15, 0.2) is 5.58 Å². The molecular formula is C11H10N2O3. The Balaban J connectivity index is 1.96. The maximum absolute atomic E-state index is 11.7. The Hall–Kier alpha value is -2.04. The molecule has 0 aliphatic heterocycles. The molecule has 0 saturated heterocycles. The standard InChI is InChI=1S/C11H10N2O3/c14-10(12-7-2-3-7)6-1-4-9-8(5-6)13-11(15)16-9/h1,4-5,7H,2-3H2,(H,12,14)(H,13,15). The summed E-state index contributed by atoms with van der Waals surface area (Å²) in [6.07, 6.45) is 2.10. The topological polar surface area (TPSA) is 75.1 Å². The average Bonchev–Trinajstić information content (AvgIpc) is 2.96. The number of hydrogen-bond acceptors (Lipinski definition) is 3. The van der Waals surface area contributed by atoms with Crippen LogP contribution in [-0.4, -0.2) is 16.9 Å². The second kappa shape index (κ2) is 3.23. The first kappa shape index (κ1) is 9.21. The molecule has 0 unspecified atom stereocenters. The number of aromatic nitrogens is 1. The molecule has 2 aromatic rings. The smallest absolute Gasteiger partial charge is 0.408 e. The van der Waals surface area contributed by atoms with Crippen LogP contribution >= 0.6 is 0 Å². The second-order valence-electron chi connectivity index (χ2n) is 3.97. The number of H-pyrrole nitrogens is 1. The van der Waals surface area contributed by atoms with E-state index in [0.29, 0.717) is 22.7 Å². The molecule has 0 bridgehead atoms. The van der Waals surface area contributed by atoms with Gasteiger partial charge in [0, 0.05) is 11.6 Å². The molecule has 1 aliphatic rings. The lowest BCUT2D eigenvalue weighted by Crippen LogP contribution is -2.25. The summed E-state index contributed by atoms with van der Waals surface area (Å²) in [5.41, 5.74) is 1.55. The van der Waals surface area contributed by atoms with E-state index in [1.807, 2.05) is 0 Å². The minimum Gasteiger partial charge on any atom is -0.408 e. The highest BCUT2D eigenvalue weighted by atomic mass is 16.4. The molecule has 82 valence electrons. The fourth-order valence-electron chi connectivity index (χ4n) is 1.59. The summed E-state index contributed by atoms with van der Waals surface area (Å²) in [5.74, 6) is -0.610. The summed E-state index contributed by atoms with van der Waals surface area (Å²) in [5, 5.41) is 2.88.